The number of anilines is 2. The average molecular weight is 2150 g/mol. The Balaban J connectivity index is 0.000000147. The molecule has 0 saturated carbocycles. The second-order valence-corrected chi connectivity index (χ2v) is 48.0. The van der Waals surface area contributed by atoms with Gasteiger partial charge in [-0.25, -0.2) is 8.42 Å². The Bertz CT molecular complexity index is 5690. The first-order valence-electron chi connectivity index (χ1n) is 38.1. The normalized spacial score (nSPS) is 12.9. The van der Waals surface area contributed by atoms with E-state index in [0.29, 0.717) is 40.3 Å². The summed E-state index contributed by atoms with van der Waals surface area (Å²) >= 11 is 8.19. The maximum Gasteiger partial charge on any atom is 0.321 e. The van der Waals surface area contributed by atoms with Gasteiger partial charge in [-0.2, -0.15) is 0 Å². The molecule has 15 rings (SSSR count). The van der Waals surface area contributed by atoms with Crippen LogP contribution in [-0.2, 0) is 80.6 Å². The molecule has 25 heteroatoms. The highest BCUT2D eigenvalue weighted by atomic mass is 127. The first-order valence-corrected chi connectivity index (χ1v) is 49.0. The van der Waals surface area contributed by atoms with Gasteiger partial charge >= 0.3 is 23.9 Å². The average Bonchev–Trinajstić information content (AvgIpc) is 0.733. The van der Waals surface area contributed by atoms with Crippen molar-refractivity contribution in [2.45, 2.75) is 117 Å². The Kier molecular flexibility index (Phi) is 31.6. The van der Waals surface area contributed by atoms with Gasteiger partial charge in [0.15, 0.2) is 58.4 Å². The van der Waals surface area contributed by atoms with Gasteiger partial charge in [0.2, 0.25) is 22.1 Å². The zero-order chi connectivity index (χ0) is 85.1. The molecule has 0 bridgehead atoms. The summed E-state index contributed by atoms with van der Waals surface area (Å²) < 4.78 is 70.0. The molecule has 16 nitrogen and oxygen atoms in total. The Morgan fingerprint density at radius 1 is 0.375 bits per heavy atom. The molecule has 1 atom stereocenters. The largest absolute Gasteiger partial charge is 0.490 e. The lowest BCUT2D eigenvalue weighted by molar-refractivity contribution is -0.149. The van der Waals surface area contributed by atoms with Crippen LogP contribution >= 0.6 is 101 Å². The van der Waals surface area contributed by atoms with E-state index < -0.39 is 31.0 Å². The van der Waals surface area contributed by atoms with Crippen molar-refractivity contribution in [2.24, 2.45) is 0 Å². The van der Waals surface area contributed by atoms with Crippen LogP contribution in [0, 0.1) is 0 Å². The van der Waals surface area contributed by atoms with Crippen molar-refractivity contribution in [3.8, 4) is 27.9 Å². The van der Waals surface area contributed by atoms with Crippen molar-refractivity contribution >= 4 is 199 Å². The van der Waals surface area contributed by atoms with Gasteiger partial charge in [-0.05, 0) is 230 Å². The molecule has 1 unspecified atom stereocenters. The number of nitrogens with one attached hydrogen (secondary N) is 1. The standard InChI is InChI=1S/C25H22IO4S.C24H23INO3S.C24H22IO5S2.C22H20IO3S/c1-25(2,26)24(28)30-16-15-29-17-11-13-18(14-12-17)31-21-9-5-3-7-19(21)23(27)20-8-4-6-10-22(20)31;1-24(2,25)23(27)29-16-15-28-17-11-13-18(14-12-17)30-21-9-5-3-7-19(21)26-20-8-4-6-10-22(20)30;1-24(2,25)23(26)30-16-15-29-17-11-13-18(14-12-17)31-19-7-3-5-9-21(19)32(27,28)22-10-6-4-8-20(22)31;1-17(23)22(24)26-16-25-18-12-14-21(15-13-18)27(19-8-4-2-5-9-19)20-10-6-3-7-11-20/h3-14H,15-16H2,1-2H3;3-14,26H,15-16H2,1-2H3;3-14H,15-16H2,1-2H3;2-15,17H,16H2,1H3/q4*+1. The van der Waals surface area contributed by atoms with Crippen LogP contribution in [0.15, 0.2) is 362 Å². The summed E-state index contributed by atoms with van der Waals surface area (Å²) in [6.45, 7) is 14.1. The third-order valence-corrected chi connectivity index (χ3v) is 31.3. The van der Waals surface area contributed by atoms with Crippen LogP contribution in [0.25, 0.3) is 25.1 Å². The van der Waals surface area contributed by atoms with Gasteiger partial charge in [0.25, 0.3) is 0 Å². The summed E-state index contributed by atoms with van der Waals surface area (Å²) in [7, 11) is -4.80. The topological polar surface area (TPSA) is 205 Å². The van der Waals surface area contributed by atoms with Gasteiger partial charge in [0.05, 0.1) is 33.0 Å². The number of fused-ring (bicyclic) bond motifs is 6. The van der Waals surface area contributed by atoms with Crippen LogP contribution in [0.3, 0.4) is 0 Å². The number of benzene rings is 12. The smallest absolute Gasteiger partial charge is 0.321 e. The number of rotatable bonds is 25. The molecule has 0 spiro atoms. The number of hydrogen-bond acceptors (Lipinski definition) is 16. The quantitative estimate of drug-likeness (QED) is 0.00825. The van der Waals surface area contributed by atoms with E-state index in [9.17, 15) is 32.4 Å². The minimum Gasteiger partial charge on any atom is -0.490 e. The zero-order valence-electron chi connectivity index (χ0n) is 66.6. The third-order valence-electron chi connectivity index (χ3n) is 18.1. The fourth-order valence-corrected chi connectivity index (χ4v) is 24.3. The summed E-state index contributed by atoms with van der Waals surface area (Å²) in [4.78, 5) is 71.9. The van der Waals surface area contributed by atoms with Gasteiger partial charge in [-0.3, -0.25) is 24.0 Å². The van der Waals surface area contributed by atoms with Gasteiger partial charge in [-0.15, -0.1) is 0 Å². The lowest BCUT2D eigenvalue weighted by Crippen LogP contribution is -2.28. The SMILES string of the molecule is CC(C)(I)C(=O)OCCOc1ccc(-[s+]2c3ccccc3c(=O)c3ccccc32)cc1.CC(C)(I)C(=O)OCCOc1ccc([S+]2c3ccccc3Nc3ccccc32)cc1.CC(C)(I)C(=O)OCCOc1ccc([S+]2c3ccccc3S(=O)(=O)c3ccccc32)cc1.CC(I)C(=O)OCOc1ccc([S+](c2ccccc2)c2ccccc2)cc1. The molecular weight excluding hydrogens is 2060 g/mol. The van der Waals surface area contributed by atoms with Crippen molar-refractivity contribution in [3.05, 3.63) is 314 Å². The van der Waals surface area contributed by atoms with Crippen molar-refractivity contribution in [2.75, 3.05) is 51.8 Å². The molecule has 2 aliphatic heterocycles. The Labute approximate surface area is 765 Å². The van der Waals surface area contributed by atoms with E-state index >= 15 is 0 Å². The summed E-state index contributed by atoms with van der Waals surface area (Å²) in [5.41, 5.74) is 2.39. The van der Waals surface area contributed by atoms with Crippen LogP contribution in [0.2, 0.25) is 0 Å². The molecule has 0 fully saturated rings. The minimum atomic E-state index is -3.54. The Morgan fingerprint density at radius 2 is 0.692 bits per heavy atom. The van der Waals surface area contributed by atoms with Crippen molar-refractivity contribution in [1.29, 1.82) is 0 Å². The van der Waals surface area contributed by atoms with Gasteiger partial charge < -0.3 is 43.2 Å². The summed E-state index contributed by atoms with van der Waals surface area (Å²) in [5, 5.41) is 5.08. The minimum absolute atomic E-state index is 0.0748. The molecule has 0 amide bonds. The monoisotopic (exact) mass is 2150 g/mol. The zero-order valence-corrected chi connectivity index (χ0v) is 79.3. The number of carbonyl (C=O) groups is 4. The number of carbonyl (C=O) groups excluding carboxylic acids is 4. The highest BCUT2D eigenvalue weighted by Gasteiger charge is 2.45. The summed E-state index contributed by atoms with van der Waals surface area (Å²) in [6, 6.07) is 99.7. The van der Waals surface area contributed by atoms with E-state index in [0.717, 1.165) is 56.9 Å². The second kappa shape index (κ2) is 41.9. The molecule has 0 saturated heterocycles. The number of alkyl halides is 4. The molecule has 1 aromatic heterocycles. The van der Waals surface area contributed by atoms with Crippen LogP contribution in [0.4, 0.5) is 11.4 Å². The number of sulfone groups is 1. The highest BCUT2D eigenvalue weighted by Crippen LogP contribution is 2.48. The molecule has 1 N–H and O–H groups in total. The third kappa shape index (κ3) is 23.4. The summed E-state index contributed by atoms with van der Waals surface area (Å²) in [6.07, 6.45) is 0. The van der Waals surface area contributed by atoms with E-state index in [2.05, 4.69) is 172 Å². The fourth-order valence-electron chi connectivity index (χ4n) is 12.2. The van der Waals surface area contributed by atoms with E-state index in [1.165, 1.54) is 29.4 Å². The Hall–Kier alpha value is -8.67. The molecular formula is C95H87I4NO15S5+4. The molecule has 13 aromatic rings. The maximum atomic E-state index is 13.1. The maximum absolute atomic E-state index is 13.1. The van der Waals surface area contributed by atoms with Crippen LogP contribution in [0.5, 0.6) is 23.0 Å². The molecule has 616 valence electrons. The number of ether oxygens (including phenoxy) is 8. The van der Waals surface area contributed by atoms with Crippen molar-refractivity contribution < 1.29 is 65.5 Å². The van der Waals surface area contributed by atoms with Gasteiger partial charge in [0.1, 0.15) is 108 Å². The first kappa shape index (κ1) is 90.6. The summed E-state index contributed by atoms with van der Waals surface area (Å²) in [5.74, 6) is 1.79. The van der Waals surface area contributed by atoms with Gasteiger partial charge in [0, 0.05) is 22.6 Å². The van der Waals surface area contributed by atoms with E-state index in [1.807, 2.05) is 231 Å². The number of halogens is 4. The predicted molar refractivity (Wildman–Crippen MR) is 513 cm³/mol. The predicted octanol–water partition coefficient (Wildman–Crippen LogP) is 22.8. The van der Waals surface area contributed by atoms with Gasteiger partial charge in [-0.1, -0.05) is 200 Å². The lowest BCUT2D eigenvalue weighted by atomic mass is 10.2. The molecule has 12 aromatic carbocycles. The number of hydrogen-bond donors (Lipinski definition) is 1. The second-order valence-electron chi connectivity index (χ2n) is 28.3. The molecule has 0 aliphatic carbocycles. The first-order chi connectivity index (χ1) is 57.6. The fraction of sp³-hybridized carbons (Fsp3) is 0.189. The number of para-hydroxylation sites is 2. The van der Waals surface area contributed by atoms with E-state index in [4.69, 9.17) is 37.9 Å². The van der Waals surface area contributed by atoms with E-state index in [-0.39, 0.29) is 98.7 Å². The molecule has 2 aliphatic rings. The van der Waals surface area contributed by atoms with Crippen LogP contribution < -0.4 is 29.7 Å². The van der Waals surface area contributed by atoms with Crippen LogP contribution in [-0.4, -0.2) is 92.9 Å². The van der Waals surface area contributed by atoms with Crippen LogP contribution in [0.1, 0.15) is 48.5 Å². The highest BCUT2D eigenvalue weighted by molar-refractivity contribution is 14.1. The van der Waals surface area contributed by atoms with Crippen molar-refractivity contribution in [1.82, 2.24) is 0 Å². The molecule has 3 heterocycles. The molecule has 120 heavy (non-hydrogen) atoms. The number of esters is 4. The van der Waals surface area contributed by atoms with Crippen molar-refractivity contribution in [3.63, 3.8) is 0 Å². The Morgan fingerprint density at radius 3 is 1.08 bits per heavy atom. The van der Waals surface area contributed by atoms with E-state index in [1.54, 1.807) is 45.0 Å². The lowest BCUT2D eigenvalue weighted by Gasteiger charge is -2.20. The molecule has 0 radical (unpaired) electrons.